The van der Waals surface area contributed by atoms with Crippen molar-refractivity contribution in [3.05, 3.63) is 59.0 Å². The molecule has 1 aromatic carbocycles. The zero-order valence-corrected chi connectivity index (χ0v) is 10.5. The lowest BCUT2D eigenvalue weighted by Crippen LogP contribution is -2.29. The summed E-state index contributed by atoms with van der Waals surface area (Å²) in [5.41, 5.74) is 2.97. The van der Waals surface area contributed by atoms with Crippen molar-refractivity contribution in [2.24, 2.45) is 0 Å². The molecule has 0 radical (unpaired) electrons. The van der Waals surface area contributed by atoms with E-state index >= 15 is 0 Å². The van der Waals surface area contributed by atoms with Crippen molar-refractivity contribution < 1.29 is 14.3 Å². The molecule has 3 rings (SSSR count). The molecule has 0 spiro atoms. The van der Waals surface area contributed by atoms with E-state index < -0.39 is 5.97 Å². The Morgan fingerprint density at radius 1 is 1.32 bits per heavy atom. The molecule has 1 N–H and O–H groups in total. The van der Waals surface area contributed by atoms with Crippen LogP contribution in [0.1, 0.15) is 27.2 Å². The maximum atomic E-state index is 10.8. The van der Waals surface area contributed by atoms with Gasteiger partial charge in [0.2, 0.25) is 0 Å². The molecule has 0 fully saturated rings. The average Bonchev–Trinajstić information content (AvgIpc) is 2.87. The number of carbonyl (C=O) groups is 1. The van der Waals surface area contributed by atoms with Crippen LogP contribution in [0, 0.1) is 0 Å². The quantitative estimate of drug-likeness (QED) is 0.918. The van der Waals surface area contributed by atoms with Gasteiger partial charge >= 0.3 is 5.97 Å². The summed E-state index contributed by atoms with van der Waals surface area (Å²) in [6.07, 6.45) is 2.33. The van der Waals surface area contributed by atoms with Crippen LogP contribution in [0.25, 0.3) is 0 Å². The molecule has 1 aliphatic rings. The highest BCUT2D eigenvalue weighted by Gasteiger charge is 2.17. The number of carboxylic acids is 1. The smallest absolute Gasteiger partial charge is 0.338 e. The van der Waals surface area contributed by atoms with Crippen molar-refractivity contribution in [2.75, 3.05) is 6.54 Å². The molecule has 0 saturated heterocycles. The minimum Gasteiger partial charge on any atom is -0.478 e. The molecule has 0 bridgehead atoms. The normalized spacial score (nSPS) is 15.2. The largest absolute Gasteiger partial charge is 0.478 e. The molecule has 1 aliphatic heterocycles. The van der Waals surface area contributed by atoms with E-state index in [-0.39, 0.29) is 5.56 Å². The van der Waals surface area contributed by atoms with Crippen molar-refractivity contribution >= 4 is 5.97 Å². The van der Waals surface area contributed by atoms with Crippen LogP contribution >= 0.6 is 0 Å². The lowest BCUT2D eigenvalue weighted by molar-refractivity contribution is 0.0696. The van der Waals surface area contributed by atoms with Crippen LogP contribution in [0.5, 0.6) is 0 Å². The number of hydrogen-bond donors (Lipinski definition) is 1. The van der Waals surface area contributed by atoms with Gasteiger partial charge in [0.05, 0.1) is 12.1 Å². The SMILES string of the molecule is O=C(O)c1coc(CN2CCc3ccccc3C2)c1. The maximum Gasteiger partial charge on any atom is 0.338 e. The predicted octanol–water partition coefficient (Wildman–Crippen LogP) is 2.54. The summed E-state index contributed by atoms with van der Waals surface area (Å²) in [5.74, 6) is -0.240. The van der Waals surface area contributed by atoms with Gasteiger partial charge in [-0.05, 0) is 23.6 Å². The number of nitrogens with zero attached hydrogens (tertiary/aromatic N) is 1. The Bertz CT molecular complexity index is 603. The fourth-order valence-electron chi connectivity index (χ4n) is 2.49. The molecule has 0 atom stereocenters. The van der Waals surface area contributed by atoms with Crippen molar-refractivity contribution in [3.63, 3.8) is 0 Å². The first-order valence-corrected chi connectivity index (χ1v) is 6.32. The summed E-state index contributed by atoms with van der Waals surface area (Å²) < 4.78 is 5.29. The molecule has 1 aromatic heterocycles. The number of benzene rings is 1. The third-order valence-corrected chi connectivity index (χ3v) is 3.49. The van der Waals surface area contributed by atoms with Crippen LogP contribution in [0.4, 0.5) is 0 Å². The first kappa shape index (κ1) is 12.0. The Balaban J connectivity index is 1.70. The summed E-state index contributed by atoms with van der Waals surface area (Å²) >= 11 is 0. The first-order chi connectivity index (χ1) is 9.22. The van der Waals surface area contributed by atoms with E-state index in [9.17, 15) is 4.79 Å². The van der Waals surface area contributed by atoms with Gasteiger partial charge in [-0.3, -0.25) is 4.90 Å². The van der Waals surface area contributed by atoms with Gasteiger partial charge in [-0.1, -0.05) is 24.3 Å². The number of furan rings is 1. The van der Waals surface area contributed by atoms with Gasteiger partial charge in [0.15, 0.2) is 0 Å². The van der Waals surface area contributed by atoms with Gasteiger partial charge in [-0.2, -0.15) is 0 Å². The van der Waals surface area contributed by atoms with E-state index in [1.807, 2.05) is 0 Å². The van der Waals surface area contributed by atoms with Crippen molar-refractivity contribution in [3.8, 4) is 0 Å². The van der Waals surface area contributed by atoms with Crippen LogP contribution < -0.4 is 0 Å². The van der Waals surface area contributed by atoms with Crippen molar-refractivity contribution in [1.29, 1.82) is 0 Å². The Hall–Kier alpha value is -2.07. The van der Waals surface area contributed by atoms with Crippen LogP contribution in [-0.4, -0.2) is 22.5 Å². The molecule has 0 unspecified atom stereocenters. The molecule has 4 nitrogen and oxygen atoms in total. The Morgan fingerprint density at radius 2 is 2.11 bits per heavy atom. The first-order valence-electron chi connectivity index (χ1n) is 6.32. The van der Waals surface area contributed by atoms with E-state index in [2.05, 4.69) is 29.2 Å². The molecule has 19 heavy (non-hydrogen) atoms. The molecule has 0 saturated carbocycles. The molecular formula is C15H15NO3. The summed E-state index contributed by atoms with van der Waals surface area (Å²) in [6.45, 7) is 2.51. The zero-order valence-electron chi connectivity index (χ0n) is 10.5. The topological polar surface area (TPSA) is 53.7 Å². The molecule has 98 valence electrons. The van der Waals surface area contributed by atoms with E-state index in [0.717, 1.165) is 19.5 Å². The van der Waals surface area contributed by atoms with Crippen LogP contribution in [0.15, 0.2) is 41.0 Å². The maximum absolute atomic E-state index is 10.8. The second-order valence-corrected chi connectivity index (χ2v) is 4.84. The van der Waals surface area contributed by atoms with Crippen molar-refractivity contribution in [1.82, 2.24) is 4.90 Å². The second-order valence-electron chi connectivity index (χ2n) is 4.84. The molecule has 4 heteroatoms. The summed E-state index contributed by atoms with van der Waals surface area (Å²) in [7, 11) is 0. The number of carboxylic acid groups (broad SMARTS) is 1. The van der Waals surface area contributed by atoms with E-state index in [1.54, 1.807) is 6.07 Å². The van der Waals surface area contributed by atoms with Gasteiger partial charge in [-0.15, -0.1) is 0 Å². The second kappa shape index (κ2) is 4.90. The zero-order chi connectivity index (χ0) is 13.2. The highest BCUT2D eigenvalue weighted by molar-refractivity contribution is 5.87. The number of aromatic carboxylic acids is 1. The Kier molecular flexibility index (Phi) is 3.09. The van der Waals surface area contributed by atoms with Gasteiger partial charge in [0.1, 0.15) is 12.0 Å². The molecule has 0 amide bonds. The van der Waals surface area contributed by atoms with Gasteiger partial charge in [0, 0.05) is 13.1 Å². The molecule has 2 aromatic rings. The third kappa shape index (κ3) is 2.53. The van der Waals surface area contributed by atoms with Gasteiger partial charge < -0.3 is 9.52 Å². The molecular weight excluding hydrogens is 242 g/mol. The molecule has 2 heterocycles. The van der Waals surface area contributed by atoms with E-state index in [1.165, 1.54) is 17.4 Å². The van der Waals surface area contributed by atoms with Crippen LogP contribution in [0.3, 0.4) is 0 Å². The predicted molar refractivity (Wildman–Crippen MR) is 69.9 cm³/mol. The summed E-state index contributed by atoms with van der Waals surface area (Å²) in [6, 6.07) is 10.0. The molecule has 0 aliphatic carbocycles. The minimum absolute atomic E-state index is 0.215. The van der Waals surface area contributed by atoms with Crippen LogP contribution in [-0.2, 0) is 19.5 Å². The summed E-state index contributed by atoms with van der Waals surface area (Å²) in [4.78, 5) is 13.1. The number of rotatable bonds is 3. The Labute approximate surface area is 111 Å². The lowest BCUT2D eigenvalue weighted by atomic mass is 10.00. The highest BCUT2D eigenvalue weighted by Crippen LogP contribution is 2.20. The third-order valence-electron chi connectivity index (χ3n) is 3.49. The number of fused-ring (bicyclic) bond motifs is 1. The number of hydrogen-bond acceptors (Lipinski definition) is 3. The fraction of sp³-hybridized carbons (Fsp3) is 0.267. The van der Waals surface area contributed by atoms with E-state index in [4.69, 9.17) is 9.52 Å². The minimum atomic E-state index is -0.945. The van der Waals surface area contributed by atoms with Crippen LogP contribution in [0.2, 0.25) is 0 Å². The lowest BCUT2D eigenvalue weighted by Gasteiger charge is -2.27. The van der Waals surface area contributed by atoms with Gasteiger partial charge in [-0.25, -0.2) is 4.79 Å². The highest BCUT2D eigenvalue weighted by atomic mass is 16.4. The van der Waals surface area contributed by atoms with Gasteiger partial charge in [0.25, 0.3) is 0 Å². The fourth-order valence-corrected chi connectivity index (χ4v) is 2.49. The monoisotopic (exact) mass is 257 g/mol. The summed E-state index contributed by atoms with van der Waals surface area (Å²) in [5, 5.41) is 8.86. The standard InChI is InChI=1S/C15H15NO3/c17-15(18)13-7-14(19-10-13)9-16-6-5-11-3-1-2-4-12(11)8-16/h1-4,7,10H,5-6,8-9H2,(H,17,18). The average molecular weight is 257 g/mol. The van der Waals surface area contributed by atoms with E-state index in [0.29, 0.717) is 12.3 Å². The Morgan fingerprint density at radius 3 is 2.84 bits per heavy atom. The van der Waals surface area contributed by atoms with Crippen molar-refractivity contribution in [2.45, 2.75) is 19.5 Å².